The van der Waals surface area contributed by atoms with Gasteiger partial charge in [0.15, 0.2) is 5.78 Å². The first-order valence-electron chi connectivity index (χ1n) is 5.04. The molecule has 0 saturated heterocycles. The van der Waals surface area contributed by atoms with Crippen molar-refractivity contribution in [3.8, 4) is 5.75 Å². The lowest BCUT2D eigenvalue weighted by atomic mass is 10.1. The number of hydrogen-bond donors (Lipinski definition) is 1. The average Bonchev–Trinajstić information content (AvgIpc) is 3.08. The minimum atomic E-state index is -0.883. The average molecular weight is 220 g/mol. The number of carboxylic acid groups (broad SMARTS) is 1. The summed E-state index contributed by atoms with van der Waals surface area (Å²) in [5, 5.41) is 8.73. The van der Waals surface area contributed by atoms with Crippen molar-refractivity contribution in [1.29, 1.82) is 0 Å². The van der Waals surface area contributed by atoms with E-state index in [0.29, 0.717) is 17.7 Å². The summed E-state index contributed by atoms with van der Waals surface area (Å²) in [4.78, 5) is 22.5. The first-order valence-corrected chi connectivity index (χ1v) is 5.04. The van der Waals surface area contributed by atoms with Gasteiger partial charge in [-0.15, -0.1) is 0 Å². The van der Waals surface area contributed by atoms with Crippen LogP contribution in [-0.4, -0.2) is 24.0 Å². The fourth-order valence-corrected chi connectivity index (χ4v) is 1.73. The molecule has 2 unspecified atom stereocenters. The first kappa shape index (κ1) is 10.7. The number of ether oxygens (including phenoxy) is 1. The maximum atomic E-state index is 11.8. The number of carbonyl (C=O) groups excluding carboxylic acids is 1. The molecule has 1 aliphatic carbocycles. The van der Waals surface area contributed by atoms with Crippen LogP contribution in [0, 0.1) is 11.8 Å². The summed E-state index contributed by atoms with van der Waals surface area (Å²) in [6.07, 6.45) is 0.459. The Labute approximate surface area is 92.8 Å². The lowest BCUT2D eigenvalue weighted by Crippen LogP contribution is -2.08. The Kier molecular flexibility index (Phi) is 2.64. The molecule has 0 bridgehead atoms. The van der Waals surface area contributed by atoms with Crippen molar-refractivity contribution in [2.45, 2.75) is 6.42 Å². The molecule has 2 rings (SSSR count). The van der Waals surface area contributed by atoms with Crippen LogP contribution in [0.5, 0.6) is 5.75 Å². The van der Waals surface area contributed by atoms with Gasteiger partial charge in [0.1, 0.15) is 5.75 Å². The van der Waals surface area contributed by atoms with Crippen molar-refractivity contribution in [3.05, 3.63) is 29.8 Å². The maximum absolute atomic E-state index is 11.8. The summed E-state index contributed by atoms with van der Waals surface area (Å²) < 4.78 is 4.98. The van der Waals surface area contributed by atoms with Crippen LogP contribution >= 0.6 is 0 Å². The Morgan fingerprint density at radius 1 is 1.25 bits per heavy atom. The summed E-state index contributed by atoms with van der Waals surface area (Å²) in [5.41, 5.74) is 0.551. The molecule has 0 amide bonds. The second kappa shape index (κ2) is 3.96. The lowest BCUT2D eigenvalue weighted by Gasteiger charge is -2.01. The molecule has 84 valence electrons. The monoisotopic (exact) mass is 220 g/mol. The summed E-state index contributed by atoms with van der Waals surface area (Å²) in [6, 6.07) is 6.73. The Balaban J connectivity index is 2.08. The van der Waals surface area contributed by atoms with Gasteiger partial charge in [-0.05, 0) is 30.7 Å². The van der Waals surface area contributed by atoms with Crippen LogP contribution in [0.1, 0.15) is 16.8 Å². The van der Waals surface area contributed by atoms with E-state index in [4.69, 9.17) is 9.84 Å². The topological polar surface area (TPSA) is 63.6 Å². The molecule has 1 aliphatic rings. The highest BCUT2D eigenvalue weighted by atomic mass is 16.5. The fraction of sp³-hybridized carbons (Fsp3) is 0.333. The van der Waals surface area contributed by atoms with Gasteiger partial charge < -0.3 is 9.84 Å². The van der Waals surface area contributed by atoms with Crippen molar-refractivity contribution in [3.63, 3.8) is 0 Å². The van der Waals surface area contributed by atoms with Crippen molar-refractivity contribution in [2.24, 2.45) is 11.8 Å². The molecule has 1 saturated carbocycles. The van der Waals surface area contributed by atoms with Gasteiger partial charge in [0.2, 0.25) is 0 Å². The van der Waals surface area contributed by atoms with Gasteiger partial charge in [0.25, 0.3) is 0 Å². The van der Waals surface area contributed by atoms with E-state index < -0.39 is 11.9 Å². The minimum absolute atomic E-state index is 0.0879. The Hall–Kier alpha value is -1.84. The van der Waals surface area contributed by atoms with Crippen LogP contribution in [0.15, 0.2) is 24.3 Å². The zero-order valence-electron chi connectivity index (χ0n) is 8.84. The molecule has 4 nitrogen and oxygen atoms in total. The highest BCUT2D eigenvalue weighted by Gasteiger charge is 2.48. The molecular formula is C12H12O4. The van der Waals surface area contributed by atoms with Crippen molar-refractivity contribution < 1.29 is 19.4 Å². The predicted octanol–water partition coefficient (Wildman–Crippen LogP) is 1.60. The maximum Gasteiger partial charge on any atom is 0.307 e. The van der Waals surface area contributed by atoms with Gasteiger partial charge in [-0.25, -0.2) is 0 Å². The van der Waals surface area contributed by atoms with E-state index >= 15 is 0 Å². The van der Waals surface area contributed by atoms with Crippen LogP contribution in [0.4, 0.5) is 0 Å². The Morgan fingerprint density at radius 2 is 1.88 bits per heavy atom. The molecule has 2 atom stereocenters. The highest BCUT2D eigenvalue weighted by molar-refractivity contribution is 6.02. The van der Waals surface area contributed by atoms with Gasteiger partial charge in [0.05, 0.1) is 13.0 Å². The number of carbonyl (C=O) groups is 2. The number of rotatable bonds is 4. The van der Waals surface area contributed by atoms with E-state index in [1.54, 1.807) is 31.4 Å². The number of hydrogen-bond acceptors (Lipinski definition) is 3. The van der Waals surface area contributed by atoms with Gasteiger partial charge >= 0.3 is 5.97 Å². The number of aliphatic carboxylic acids is 1. The second-order valence-corrected chi connectivity index (χ2v) is 3.88. The Morgan fingerprint density at radius 3 is 2.31 bits per heavy atom. The van der Waals surface area contributed by atoms with Crippen LogP contribution in [-0.2, 0) is 4.79 Å². The van der Waals surface area contributed by atoms with E-state index in [0.717, 1.165) is 0 Å². The molecule has 0 aliphatic heterocycles. The Bertz CT molecular complexity index is 421. The number of carboxylic acids is 1. The number of benzene rings is 1. The fourth-order valence-electron chi connectivity index (χ4n) is 1.73. The quantitative estimate of drug-likeness (QED) is 0.783. The van der Waals surface area contributed by atoms with Crippen molar-refractivity contribution in [1.82, 2.24) is 0 Å². The van der Waals surface area contributed by atoms with Gasteiger partial charge in [-0.2, -0.15) is 0 Å². The zero-order chi connectivity index (χ0) is 11.7. The smallest absolute Gasteiger partial charge is 0.307 e. The van der Waals surface area contributed by atoms with Gasteiger partial charge in [-0.3, -0.25) is 9.59 Å². The molecule has 1 fully saturated rings. The molecule has 0 radical (unpaired) electrons. The van der Waals surface area contributed by atoms with E-state index in [1.165, 1.54) is 0 Å². The molecule has 1 aromatic carbocycles. The van der Waals surface area contributed by atoms with Crippen molar-refractivity contribution >= 4 is 11.8 Å². The number of Topliss-reactive ketones (excluding diaryl/α,β-unsaturated/α-hetero) is 1. The van der Waals surface area contributed by atoms with Gasteiger partial charge in [0, 0.05) is 11.5 Å². The van der Waals surface area contributed by atoms with Crippen molar-refractivity contribution in [2.75, 3.05) is 7.11 Å². The molecule has 1 N–H and O–H groups in total. The van der Waals surface area contributed by atoms with Gasteiger partial charge in [-0.1, -0.05) is 0 Å². The van der Waals surface area contributed by atoms with Crippen LogP contribution in [0.3, 0.4) is 0 Å². The third-order valence-corrected chi connectivity index (χ3v) is 2.82. The molecule has 0 spiro atoms. The SMILES string of the molecule is COc1ccc(C(=O)C2CC2C(=O)O)cc1. The third kappa shape index (κ3) is 1.91. The first-order chi connectivity index (χ1) is 7.63. The van der Waals surface area contributed by atoms with E-state index in [2.05, 4.69) is 0 Å². The molecule has 0 heterocycles. The highest BCUT2D eigenvalue weighted by Crippen LogP contribution is 2.41. The normalized spacial score (nSPS) is 22.6. The van der Waals surface area contributed by atoms with E-state index in [-0.39, 0.29) is 11.7 Å². The van der Waals surface area contributed by atoms with E-state index in [1.807, 2.05) is 0 Å². The molecular weight excluding hydrogens is 208 g/mol. The second-order valence-electron chi connectivity index (χ2n) is 3.88. The number of methoxy groups -OCH3 is 1. The summed E-state index contributed by atoms with van der Waals surface area (Å²) >= 11 is 0. The predicted molar refractivity (Wildman–Crippen MR) is 56.6 cm³/mol. The van der Waals surface area contributed by atoms with Crippen LogP contribution in [0.2, 0.25) is 0 Å². The molecule has 16 heavy (non-hydrogen) atoms. The van der Waals surface area contributed by atoms with E-state index in [9.17, 15) is 9.59 Å². The third-order valence-electron chi connectivity index (χ3n) is 2.82. The minimum Gasteiger partial charge on any atom is -0.497 e. The summed E-state index contributed by atoms with van der Waals surface area (Å²) in [7, 11) is 1.55. The zero-order valence-corrected chi connectivity index (χ0v) is 8.84. The summed E-state index contributed by atoms with van der Waals surface area (Å²) in [6.45, 7) is 0. The molecule has 0 aromatic heterocycles. The summed E-state index contributed by atoms with van der Waals surface area (Å²) in [5.74, 6) is -1.12. The van der Waals surface area contributed by atoms with Crippen LogP contribution in [0.25, 0.3) is 0 Å². The molecule has 4 heteroatoms. The lowest BCUT2D eigenvalue weighted by molar-refractivity contribution is -0.138. The van der Waals surface area contributed by atoms with Crippen LogP contribution < -0.4 is 4.74 Å². The number of ketones is 1. The standard InChI is InChI=1S/C12H12O4/c1-16-8-4-2-7(3-5-8)11(13)9-6-10(9)12(14)15/h2-5,9-10H,6H2,1H3,(H,14,15). The molecule has 1 aromatic rings. The largest absolute Gasteiger partial charge is 0.497 e.